The lowest BCUT2D eigenvalue weighted by molar-refractivity contribution is 0.148. The van der Waals surface area contributed by atoms with Crippen LogP contribution in [0, 0.1) is 0 Å². The lowest BCUT2D eigenvalue weighted by Gasteiger charge is -1.99. The molecule has 0 saturated heterocycles. The molecule has 1 aromatic carbocycles. The molecule has 1 rings (SSSR count). The highest BCUT2D eigenvalue weighted by atomic mass is 16.5. The van der Waals surface area contributed by atoms with Crippen molar-refractivity contribution < 1.29 is 4.74 Å². The van der Waals surface area contributed by atoms with E-state index in [4.69, 9.17) is 4.74 Å². The Morgan fingerprint density at radius 2 is 1.93 bits per heavy atom. The van der Waals surface area contributed by atoms with Gasteiger partial charge in [-0.3, -0.25) is 0 Å². The fourth-order valence-corrected chi connectivity index (χ4v) is 1.06. The van der Waals surface area contributed by atoms with Crippen molar-refractivity contribution in [2.45, 2.75) is 13.5 Å². The van der Waals surface area contributed by atoms with Crippen molar-refractivity contribution in [3.63, 3.8) is 0 Å². The van der Waals surface area contributed by atoms with Gasteiger partial charge in [0.15, 0.2) is 0 Å². The summed E-state index contributed by atoms with van der Waals surface area (Å²) in [6, 6.07) is 10.2. The van der Waals surface area contributed by atoms with Crippen LogP contribution in [-0.2, 0) is 11.3 Å². The average Bonchev–Trinajstić information content (AvgIpc) is 2.25. The molecule has 0 heterocycles. The van der Waals surface area contributed by atoms with E-state index >= 15 is 0 Å². The molecule has 1 heteroatoms. The third-order valence-corrected chi connectivity index (χ3v) is 1.77. The quantitative estimate of drug-likeness (QED) is 0.508. The highest BCUT2D eigenvalue weighted by Crippen LogP contribution is 1.99. The second-order valence-corrected chi connectivity index (χ2v) is 2.95. The fourth-order valence-electron chi connectivity index (χ4n) is 1.06. The Kier molecular flexibility index (Phi) is 5.45. The zero-order valence-corrected chi connectivity index (χ0v) is 8.52. The Morgan fingerprint density at radius 3 is 2.64 bits per heavy atom. The van der Waals surface area contributed by atoms with Crippen molar-refractivity contribution in [1.82, 2.24) is 0 Å². The lowest BCUT2D eigenvalue weighted by Crippen LogP contribution is -1.91. The average molecular weight is 188 g/mol. The van der Waals surface area contributed by atoms with Crippen LogP contribution in [0.1, 0.15) is 12.5 Å². The number of ether oxygens (including phenoxy) is 1. The molecule has 0 aliphatic heterocycles. The van der Waals surface area contributed by atoms with Gasteiger partial charge in [0.1, 0.15) is 0 Å². The van der Waals surface area contributed by atoms with Crippen LogP contribution >= 0.6 is 0 Å². The second kappa shape index (κ2) is 7.10. The summed E-state index contributed by atoms with van der Waals surface area (Å²) in [6.07, 6.45) is 7.98. The Labute approximate surface area is 85.7 Å². The van der Waals surface area contributed by atoms with Gasteiger partial charge in [-0.2, -0.15) is 0 Å². The lowest BCUT2D eigenvalue weighted by atomic mass is 10.2. The third-order valence-electron chi connectivity index (χ3n) is 1.77. The largest absolute Gasteiger partial charge is 0.373 e. The molecule has 74 valence electrons. The van der Waals surface area contributed by atoms with Crippen molar-refractivity contribution in [3.8, 4) is 0 Å². The molecule has 0 bridgehead atoms. The van der Waals surface area contributed by atoms with Crippen LogP contribution in [0.2, 0.25) is 0 Å². The van der Waals surface area contributed by atoms with Crippen LogP contribution in [0.5, 0.6) is 0 Å². The van der Waals surface area contributed by atoms with E-state index in [-0.39, 0.29) is 0 Å². The van der Waals surface area contributed by atoms with Crippen LogP contribution in [0.4, 0.5) is 0 Å². The molecule has 0 unspecified atom stereocenters. The molecule has 1 nitrogen and oxygen atoms in total. The molecular formula is C13H16O. The predicted octanol–water partition coefficient (Wildman–Crippen LogP) is 3.34. The SMILES string of the molecule is C/C=C/C=C/COCc1ccccc1. The van der Waals surface area contributed by atoms with E-state index in [2.05, 4.69) is 12.1 Å². The summed E-state index contributed by atoms with van der Waals surface area (Å²) >= 11 is 0. The highest BCUT2D eigenvalue weighted by Gasteiger charge is 1.88. The van der Waals surface area contributed by atoms with Crippen molar-refractivity contribution in [3.05, 3.63) is 60.2 Å². The van der Waals surface area contributed by atoms with E-state index in [0.717, 1.165) is 0 Å². The van der Waals surface area contributed by atoms with Crippen LogP contribution in [0.25, 0.3) is 0 Å². The molecule has 0 saturated carbocycles. The van der Waals surface area contributed by atoms with Gasteiger partial charge < -0.3 is 4.74 Å². The normalized spacial score (nSPS) is 11.5. The fraction of sp³-hybridized carbons (Fsp3) is 0.231. The van der Waals surface area contributed by atoms with Crippen molar-refractivity contribution in [2.75, 3.05) is 6.61 Å². The van der Waals surface area contributed by atoms with E-state index in [1.165, 1.54) is 5.56 Å². The molecule has 0 N–H and O–H groups in total. The minimum absolute atomic E-state index is 0.666. The number of rotatable bonds is 5. The van der Waals surface area contributed by atoms with E-state index in [1.807, 2.05) is 49.4 Å². The third kappa shape index (κ3) is 4.63. The van der Waals surface area contributed by atoms with Gasteiger partial charge in [-0.05, 0) is 12.5 Å². The molecule has 0 spiro atoms. The van der Waals surface area contributed by atoms with Crippen LogP contribution in [0.3, 0.4) is 0 Å². The zero-order valence-electron chi connectivity index (χ0n) is 8.52. The van der Waals surface area contributed by atoms with Gasteiger partial charge in [0, 0.05) is 0 Å². The molecule has 0 atom stereocenters. The second-order valence-electron chi connectivity index (χ2n) is 2.95. The van der Waals surface area contributed by atoms with Crippen molar-refractivity contribution >= 4 is 0 Å². The molecule has 0 aliphatic carbocycles. The maximum atomic E-state index is 5.45. The smallest absolute Gasteiger partial charge is 0.0721 e. The van der Waals surface area contributed by atoms with E-state index in [0.29, 0.717) is 13.2 Å². The van der Waals surface area contributed by atoms with Crippen molar-refractivity contribution in [1.29, 1.82) is 0 Å². The van der Waals surface area contributed by atoms with Crippen LogP contribution < -0.4 is 0 Å². The Bertz CT molecular complexity index is 285. The Morgan fingerprint density at radius 1 is 1.14 bits per heavy atom. The van der Waals surface area contributed by atoms with Gasteiger partial charge in [-0.25, -0.2) is 0 Å². The zero-order chi connectivity index (χ0) is 10.1. The van der Waals surface area contributed by atoms with Gasteiger partial charge in [-0.15, -0.1) is 0 Å². The molecule has 0 aliphatic rings. The van der Waals surface area contributed by atoms with Gasteiger partial charge in [-0.1, -0.05) is 54.6 Å². The summed E-state index contributed by atoms with van der Waals surface area (Å²) in [4.78, 5) is 0. The molecule has 0 radical (unpaired) electrons. The first-order valence-corrected chi connectivity index (χ1v) is 4.83. The van der Waals surface area contributed by atoms with Crippen molar-refractivity contribution in [2.24, 2.45) is 0 Å². The van der Waals surface area contributed by atoms with E-state index in [1.54, 1.807) is 0 Å². The molecular weight excluding hydrogens is 172 g/mol. The molecule has 14 heavy (non-hydrogen) atoms. The van der Waals surface area contributed by atoms with Crippen LogP contribution in [-0.4, -0.2) is 6.61 Å². The first kappa shape index (κ1) is 10.7. The Balaban J connectivity index is 2.16. The maximum absolute atomic E-state index is 5.45. The predicted molar refractivity (Wildman–Crippen MR) is 60.1 cm³/mol. The topological polar surface area (TPSA) is 9.23 Å². The van der Waals surface area contributed by atoms with Gasteiger partial charge in [0.05, 0.1) is 13.2 Å². The van der Waals surface area contributed by atoms with E-state index < -0.39 is 0 Å². The number of benzene rings is 1. The molecule has 0 aromatic heterocycles. The standard InChI is InChI=1S/C13H16O/c1-2-3-4-8-11-14-12-13-9-6-5-7-10-13/h2-10H,11-12H2,1H3/b3-2+,8-4+. The number of hydrogen-bond donors (Lipinski definition) is 0. The molecule has 1 aromatic rings. The maximum Gasteiger partial charge on any atom is 0.0721 e. The Hall–Kier alpha value is -1.34. The summed E-state index contributed by atoms with van der Waals surface area (Å²) in [7, 11) is 0. The summed E-state index contributed by atoms with van der Waals surface area (Å²) in [5.74, 6) is 0. The number of allylic oxidation sites excluding steroid dienone is 3. The number of hydrogen-bond acceptors (Lipinski definition) is 1. The van der Waals surface area contributed by atoms with E-state index in [9.17, 15) is 0 Å². The molecule has 0 amide bonds. The van der Waals surface area contributed by atoms with Crippen LogP contribution in [0.15, 0.2) is 54.6 Å². The molecule has 0 fully saturated rings. The van der Waals surface area contributed by atoms with Gasteiger partial charge in [0.25, 0.3) is 0 Å². The van der Waals surface area contributed by atoms with Gasteiger partial charge >= 0.3 is 0 Å². The monoisotopic (exact) mass is 188 g/mol. The summed E-state index contributed by atoms with van der Waals surface area (Å²) < 4.78 is 5.45. The summed E-state index contributed by atoms with van der Waals surface area (Å²) in [5.41, 5.74) is 1.21. The first-order valence-electron chi connectivity index (χ1n) is 4.83. The minimum Gasteiger partial charge on any atom is -0.373 e. The summed E-state index contributed by atoms with van der Waals surface area (Å²) in [5, 5.41) is 0. The minimum atomic E-state index is 0.666. The van der Waals surface area contributed by atoms with Gasteiger partial charge in [0.2, 0.25) is 0 Å². The highest BCUT2D eigenvalue weighted by molar-refractivity contribution is 5.13. The first-order chi connectivity index (χ1) is 6.93. The summed E-state index contributed by atoms with van der Waals surface area (Å²) in [6.45, 7) is 3.34.